The number of hydrazine groups is 1. The van der Waals surface area contributed by atoms with Crippen LogP contribution in [0.4, 0.5) is 0 Å². The van der Waals surface area contributed by atoms with Crippen molar-refractivity contribution in [2.75, 3.05) is 0 Å². The summed E-state index contributed by atoms with van der Waals surface area (Å²) in [5, 5.41) is 7.24. The monoisotopic (exact) mass is 714 g/mol. The minimum Gasteiger partial charge on any atom is -0.279 e. The van der Waals surface area contributed by atoms with Crippen molar-refractivity contribution in [3.8, 4) is 33.4 Å². The van der Waals surface area contributed by atoms with Crippen molar-refractivity contribution >= 4 is 27.8 Å². The zero-order valence-corrected chi connectivity index (χ0v) is 30.4. The molecular weight excluding hydrogens is 681 g/mol. The fourth-order valence-electron chi connectivity index (χ4n) is 10.5. The lowest BCUT2D eigenvalue weighted by molar-refractivity contribution is 0.340. The number of rotatable bonds is 3. The highest BCUT2D eigenvalue weighted by atomic mass is 15.9. The van der Waals surface area contributed by atoms with E-state index in [2.05, 4.69) is 209 Å². The van der Waals surface area contributed by atoms with Gasteiger partial charge in [0.25, 0.3) is 0 Å². The third kappa shape index (κ3) is 3.83. The molecule has 2 aliphatic carbocycles. The third-order valence-corrected chi connectivity index (χ3v) is 12.8. The van der Waals surface area contributed by atoms with Crippen LogP contribution in [0.25, 0.3) is 55.2 Å². The number of nitrogens with zero attached hydrogens (tertiary/aromatic N) is 4. The Hall–Kier alpha value is -7.01. The fraction of sp³-hybridized carbons (Fsp3) is 0.0577. The Morgan fingerprint density at radius 2 is 0.929 bits per heavy atom. The van der Waals surface area contributed by atoms with Crippen molar-refractivity contribution in [3.05, 3.63) is 228 Å². The summed E-state index contributed by atoms with van der Waals surface area (Å²) in [7, 11) is 0. The molecule has 3 unspecified atom stereocenters. The Bertz CT molecular complexity index is 3060. The number of hydrogen-bond donors (Lipinski definition) is 0. The van der Waals surface area contributed by atoms with Gasteiger partial charge >= 0.3 is 0 Å². The van der Waals surface area contributed by atoms with Gasteiger partial charge in [0.1, 0.15) is 6.17 Å². The van der Waals surface area contributed by atoms with Crippen LogP contribution in [-0.4, -0.2) is 20.5 Å². The average molecular weight is 715 g/mol. The van der Waals surface area contributed by atoms with Crippen LogP contribution in [0, 0.1) is 0 Å². The Balaban J connectivity index is 0.995. The molecule has 56 heavy (non-hydrogen) atoms. The summed E-state index contributed by atoms with van der Waals surface area (Å²) in [6.07, 6.45) is 0.0266. The molecular formula is C52H34N4. The normalized spacial score (nSPS) is 19.1. The maximum atomic E-state index is 5.46. The minimum atomic E-state index is -0.370. The molecule has 1 aromatic heterocycles. The van der Waals surface area contributed by atoms with E-state index in [0.29, 0.717) is 0 Å². The lowest BCUT2D eigenvalue weighted by Crippen LogP contribution is -2.25. The standard InChI is InChI=1S/C52H34N4/c1-3-15-33(16-4-1)49-53-51(56-50(55(49)56)34-17-5-2-6-18-34)54-47-26-14-10-22-41(47)42-31-35(28-30-48(42)54)36-27-29-40-39-21-9-13-25-45(39)52(46(40)32-36)43-23-11-7-19-37(43)38-20-8-12-24-44(38)52/h1-32,49-50H. The van der Waals surface area contributed by atoms with Gasteiger partial charge < -0.3 is 0 Å². The van der Waals surface area contributed by atoms with Crippen molar-refractivity contribution in [3.63, 3.8) is 0 Å². The lowest BCUT2D eigenvalue weighted by atomic mass is 9.70. The first kappa shape index (κ1) is 30.3. The first-order valence-corrected chi connectivity index (χ1v) is 19.5. The Morgan fingerprint density at radius 1 is 0.411 bits per heavy atom. The Labute approximate surface area is 324 Å². The second-order valence-electron chi connectivity index (χ2n) is 15.5. The molecule has 4 aliphatic rings. The van der Waals surface area contributed by atoms with Gasteiger partial charge in [0.05, 0.1) is 16.4 Å². The highest BCUT2D eigenvalue weighted by Crippen LogP contribution is 2.63. The number of para-hydroxylation sites is 1. The molecule has 1 spiro atoms. The van der Waals surface area contributed by atoms with E-state index in [1.807, 2.05) is 0 Å². The number of benzene rings is 8. The zero-order chi connectivity index (χ0) is 36.5. The molecule has 9 aromatic rings. The van der Waals surface area contributed by atoms with Gasteiger partial charge in [-0.3, -0.25) is 4.57 Å². The van der Waals surface area contributed by atoms with E-state index >= 15 is 0 Å². The van der Waals surface area contributed by atoms with Crippen molar-refractivity contribution < 1.29 is 0 Å². The van der Waals surface area contributed by atoms with E-state index in [9.17, 15) is 0 Å². The van der Waals surface area contributed by atoms with Gasteiger partial charge in [-0.05, 0) is 91.0 Å². The molecule has 13 rings (SSSR count). The van der Waals surface area contributed by atoms with Crippen LogP contribution >= 0.6 is 0 Å². The highest BCUT2D eigenvalue weighted by Gasteiger charge is 2.58. The summed E-state index contributed by atoms with van der Waals surface area (Å²) in [6.45, 7) is 0. The maximum Gasteiger partial charge on any atom is 0.224 e. The molecule has 1 fully saturated rings. The first-order chi connectivity index (χ1) is 27.8. The predicted molar refractivity (Wildman–Crippen MR) is 226 cm³/mol. The molecule has 4 nitrogen and oxygen atoms in total. The topological polar surface area (TPSA) is 23.3 Å². The van der Waals surface area contributed by atoms with Crippen LogP contribution in [0.5, 0.6) is 0 Å². The largest absolute Gasteiger partial charge is 0.279 e. The van der Waals surface area contributed by atoms with Gasteiger partial charge in [0.2, 0.25) is 5.96 Å². The number of aromatic nitrogens is 1. The minimum absolute atomic E-state index is 0.0967. The van der Waals surface area contributed by atoms with Gasteiger partial charge in [-0.15, -0.1) is 0 Å². The van der Waals surface area contributed by atoms with Gasteiger partial charge in [0, 0.05) is 10.8 Å². The molecule has 4 heteroatoms. The van der Waals surface area contributed by atoms with Crippen molar-refractivity contribution in [2.24, 2.45) is 4.99 Å². The molecule has 2 aliphatic heterocycles. The molecule has 0 radical (unpaired) electrons. The van der Waals surface area contributed by atoms with Crippen molar-refractivity contribution in [1.82, 2.24) is 14.6 Å². The van der Waals surface area contributed by atoms with Crippen LogP contribution in [0.3, 0.4) is 0 Å². The Kier molecular flexibility index (Phi) is 5.98. The van der Waals surface area contributed by atoms with Crippen molar-refractivity contribution in [2.45, 2.75) is 17.7 Å². The predicted octanol–water partition coefficient (Wildman–Crippen LogP) is 12.0. The fourth-order valence-corrected chi connectivity index (χ4v) is 10.5. The summed E-state index contributed by atoms with van der Waals surface area (Å²) < 4.78 is 2.38. The van der Waals surface area contributed by atoms with Gasteiger partial charge in [-0.25, -0.2) is 10.0 Å². The van der Waals surface area contributed by atoms with Crippen molar-refractivity contribution in [1.29, 1.82) is 0 Å². The summed E-state index contributed by atoms with van der Waals surface area (Å²) in [5.41, 5.74) is 17.6. The van der Waals surface area contributed by atoms with E-state index in [1.165, 1.54) is 77.5 Å². The van der Waals surface area contributed by atoms with E-state index in [4.69, 9.17) is 4.99 Å². The highest BCUT2D eigenvalue weighted by molar-refractivity contribution is 6.15. The third-order valence-electron chi connectivity index (χ3n) is 12.8. The molecule has 0 bridgehead atoms. The quantitative estimate of drug-likeness (QED) is 0.170. The number of hydrogen-bond acceptors (Lipinski definition) is 3. The molecule has 0 amide bonds. The van der Waals surface area contributed by atoms with Crippen LogP contribution in [0.2, 0.25) is 0 Å². The molecule has 8 aromatic carbocycles. The van der Waals surface area contributed by atoms with Crippen LogP contribution < -0.4 is 0 Å². The van der Waals surface area contributed by atoms with Gasteiger partial charge in [0.15, 0.2) is 6.17 Å². The first-order valence-electron chi connectivity index (χ1n) is 19.5. The second kappa shape index (κ2) is 11.0. The molecule has 262 valence electrons. The SMILES string of the molecule is c1ccc(C2N=C(n3c4ccccc4c4cc(-c5ccc6c(c5)C5(c7ccccc7-c7ccccc75)c5ccccc5-6)ccc43)N3C(c4ccccc4)N23)cc1. The molecule has 3 atom stereocenters. The van der Waals surface area contributed by atoms with Crippen LogP contribution in [-0.2, 0) is 5.41 Å². The molecule has 0 N–H and O–H groups in total. The zero-order valence-electron chi connectivity index (χ0n) is 30.4. The smallest absolute Gasteiger partial charge is 0.224 e. The molecule has 3 heterocycles. The van der Waals surface area contributed by atoms with E-state index < -0.39 is 0 Å². The summed E-state index contributed by atoms with van der Waals surface area (Å²) in [6, 6.07) is 71.6. The number of aliphatic imine (C=N–C) groups is 1. The molecule has 0 saturated carbocycles. The maximum absolute atomic E-state index is 5.46. The second-order valence-corrected chi connectivity index (χ2v) is 15.5. The number of fused-ring (bicyclic) bond motifs is 14. The van der Waals surface area contributed by atoms with E-state index in [-0.39, 0.29) is 17.7 Å². The lowest BCUT2D eigenvalue weighted by Gasteiger charge is -2.30. The van der Waals surface area contributed by atoms with Gasteiger partial charge in [-0.2, -0.15) is 5.01 Å². The Morgan fingerprint density at radius 3 is 1.61 bits per heavy atom. The average Bonchev–Trinajstić information content (AvgIpc) is 3.48. The van der Waals surface area contributed by atoms with Crippen LogP contribution in [0.1, 0.15) is 45.7 Å². The summed E-state index contributed by atoms with van der Waals surface area (Å²) >= 11 is 0. The summed E-state index contributed by atoms with van der Waals surface area (Å²) in [5.74, 6) is 0.961. The summed E-state index contributed by atoms with van der Waals surface area (Å²) in [4.78, 5) is 5.46. The van der Waals surface area contributed by atoms with E-state index in [1.54, 1.807) is 0 Å². The molecule has 1 saturated heterocycles. The van der Waals surface area contributed by atoms with E-state index in [0.717, 1.165) is 17.0 Å². The van der Waals surface area contributed by atoms with Crippen LogP contribution in [0.15, 0.2) is 199 Å². The van der Waals surface area contributed by atoms with Gasteiger partial charge in [-0.1, -0.05) is 170 Å².